The summed E-state index contributed by atoms with van der Waals surface area (Å²) in [6.07, 6.45) is 3.73. The van der Waals surface area contributed by atoms with Crippen LogP contribution >= 0.6 is 11.6 Å². The van der Waals surface area contributed by atoms with Gasteiger partial charge >= 0.3 is 11.9 Å². The molecule has 0 bridgehead atoms. The number of aromatic nitrogens is 2. The molecule has 122 valence electrons. The molecule has 1 heterocycles. The van der Waals surface area contributed by atoms with Gasteiger partial charge in [0.05, 0.1) is 11.1 Å². The summed E-state index contributed by atoms with van der Waals surface area (Å²) in [6.45, 7) is 1.71. The van der Waals surface area contributed by atoms with Crippen LogP contribution in [0.2, 0.25) is 5.15 Å². The summed E-state index contributed by atoms with van der Waals surface area (Å²) in [5.41, 5.74) is -1.70. The summed E-state index contributed by atoms with van der Waals surface area (Å²) < 4.78 is 0. The first-order valence-corrected chi connectivity index (χ1v) is 7.84. The van der Waals surface area contributed by atoms with Gasteiger partial charge in [0.25, 0.3) is 0 Å². The van der Waals surface area contributed by atoms with Crippen molar-refractivity contribution in [2.45, 2.75) is 38.0 Å². The van der Waals surface area contributed by atoms with Crippen molar-refractivity contribution in [2.75, 3.05) is 0 Å². The number of carbonyl (C=O) groups is 2. The number of nitrogens with zero attached hydrogens (tertiary/aromatic N) is 2. The van der Waals surface area contributed by atoms with Crippen molar-refractivity contribution in [3.63, 3.8) is 0 Å². The molecule has 2 aliphatic rings. The van der Waals surface area contributed by atoms with Gasteiger partial charge in [0.1, 0.15) is 5.41 Å². The Morgan fingerprint density at radius 1 is 1.22 bits per heavy atom. The van der Waals surface area contributed by atoms with Crippen LogP contribution < -0.4 is 0 Å². The summed E-state index contributed by atoms with van der Waals surface area (Å²) in [7, 11) is 0. The van der Waals surface area contributed by atoms with E-state index in [1.54, 1.807) is 13.0 Å². The van der Waals surface area contributed by atoms with E-state index in [4.69, 9.17) is 11.6 Å². The fraction of sp³-hybridized carbons (Fsp3) is 0.500. The van der Waals surface area contributed by atoms with Crippen molar-refractivity contribution in [1.82, 2.24) is 10.2 Å². The molecule has 1 saturated carbocycles. The molecule has 2 unspecified atom stereocenters. The molecular weight excluding hydrogens is 320 g/mol. The van der Waals surface area contributed by atoms with Gasteiger partial charge in [-0.1, -0.05) is 23.3 Å². The second kappa shape index (κ2) is 5.30. The topological polar surface area (TPSA) is 100 Å². The van der Waals surface area contributed by atoms with E-state index in [0.29, 0.717) is 12.0 Å². The summed E-state index contributed by atoms with van der Waals surface area (Å²) in [5.74, 6) is -2.02. The van der Waals surface area contributed by atoms with Gasteiger partial charge in [-0.25, -0.2) is 0 Å². The maximum absolute atomic E-state index is 12.2. The Balaban J connectivity index is 2.16. The Hall–Kier alpha value is -1.95. The molecule has 7 heteroatoms. The van der Waals surface area contributed by atoms with Crippen molar-refractivity contribution in [3.05, 3.63) is 34.6 Å². The highest BCUT2D eigenvalue weighted by Crippen LogP contribution is 2.58. The molecule has 2 aliphatic carbocycles. The van der Waals surface area contributed by atoms with Gasteiger partial charge in [-0.3, -0.25) is 9.59 Å². The third kappa shape index (κ3) is 2.32. The number of rotatable bonds is 4. The normalized spacial score (nSPS) is 30.6. The van der Waals surface area contributed by atoms with Crippen LogP contribution in [0, 0.1) is 11.3 Å². The van der Waals surface area contributed by atoms with E-state index in [-0.39, 0.29) is 23.2 Å². The average molecular weight is 337 g/mol. The van der Waals surface area contributed by atoms with Crippen LogP contribution in [0.3, 0.4) is 0 Å². The van der Waals surface area contributed by atoms with Crippen LogP contribution in [0.25, 0.3) is 0 Å². The number of hydrogen-bond acceptors (Lipinski definition) is 4. The van der Waals surface area contributed by atoms with Crippen LogP contribution in [0.15, 0.2) is 23.8 Å². The number of allylic oxidation sites excluding steroid dienone is 1. The molecule has 0 saturated heterocycles. The smallest absolute Gasteiger partial charge is 0.320 e. The van der Waals surface area contributed by atoms with Crippen molar-refractivity contribution in [3.8, 4) is 0 Å². The van der Waals surface area contributed by atoms with Gasteiger partial charge < -0.3 is 10.2 Å². The van der Waals surface area contributed by atoms with Crippen molar-refractivity contribution < 1.29 is 19.8 Å². The second-order valence-electron chi connectivity index (χ2n) is 6.46. The quantitative estimate of drug-likeness (QED) is 0.820. The van der Waals surface area contributed by atoms with E-state index >= 15 is 0 Å². The summed E-state index contributed by atoms with van der Waals surface area (Å²) in [6, 6.07) is 3.00. The Bertz CT molecular complexity index is 699. The van der Waals surface area contributed by atoms with Crippen LogP contribution in [0.1, 0.15) is 38.3 Å². The predicted octanol–water partition coefficient (Wildman–Crippen LogP) is 2.67. The molecule has 0 aliphatic heterocycles. The van der Waals surface area contributed by atoms with Crippen LogP contribution in [-0.2, 0) is 15.0 Å². The van der Waals surface area contributed by atoms with E-state index in [2.05, 4.69) is 10.2 Å². The van der Waals surface area contributed by atoms with Crippen LogP contribution in [0.4, 0.5) is 0 Å². The predicted molar refractivity (Wildman–Crippen MR) is 82.1 cm³/mol. The van der Waals surface area contributed by atoms with E-state index in [1.807, 2.05) is 0 Å². The number of hydrogen-bond donors (Lipinski definition) is 2. The van der Waals surface area contributed by atoms with Crippen LogP contribution in [0.5, 0.6) is 0 Å². The zero-order chi connectivity index (χ0) is 16.8. The lowest BCUT2D eigenvalue weighted by Gasteiger charge is -2.42. The number of halogens is 1. The number of aliphatic carboxylic acids is 2. The number of carboxylic acid groups (broad SMARTS) is 2. The maximum atomic E-state index is 12.2. The van der Waals surface area contributed by atoms with Gasteiger partial charge in [-0.15, -0.1) is 5.10 Å². The average Bonchev–Trinajstić information content (AvgIpc) is 3.33. The third-order valence-electron chi connectivity index (χ3n) is 5.25. The molecule has 0 aromatic carbocycles. The van der Waals surface area contributed by atoms with Gasteiger partial charge in [0, 0.05) is 0 Å². The molecule has 6 nitrogen and oxygen atoms in total. The van der Waals surface area contributed by atoms with E-state index in [1.165, 1.54) is 12.1 Å². The van der Waals surface area contributed by atoms with Crippen molar-refractivity contribution >= 4 is 23.5 Å². The first-order valence-electron chi connectivity index (χ1n) is 7.47. The molecule has 0 radical (unpaired) electrons. The summed E-state index contributed by atoms with van der Waals surface area (Å²) >= 11 is 5.75. The highest BCUT2D eigenvalue weighted by atomic mass is 35.5. The molecule has 0 amide bonds. The van der Waals surface area contributed by atoms with Gasteiger partial charge in [-0.05, 0) is 50.7 Å². The highest BCUT2D eigenvalue weighted by molar-refractivity contribution is 6.29. The SMILES string of the molecule is CC1=CCC(C(=O)O)(C2CC2)CC1(C(=O)O)c1ccc(Cl)nn1. The Kier molecular flexibility index (Phi) is 3.67. The number of carboxylic acids is 2. The fourth-order valence-electron chi connectivity index (χ4n) is 3.67. The van der Waals surface area contributed by atoms with Crippen LogP contribution in [-0.4, -0.2) is 32.3 Å². The first kappa shape index (κ1) is 15.9. The molecule has 2 atom stereocenters. The summed E-state index contributed by atoms with van der Waals surface area (Å²) in [4.78, 5) is 24.2. The first-order chi connectivity index (χ1) is 10.8. The molecule has 3 rings (SSSR count). The van der Waals surface area contributed by atoms with Crippen molar-refractivity contribution in [1.29, 1.82) is 0 Å². The van der Waals surface area contributed by atoms with Gasteiger partial charge in [0.15, 0.2) is 5.15 Å². The minimum absolute atomic E-state index is 0.00597. The molecule has 1 fully saturated rings. The molecule has 1 aromatic heterocycles. The Morgan fingerprint density at radius 3 is 2.39 bits per heavy atom. The molecule has 2 N–H and O–H groups in total. The largest absolute Gasteiger partial charge is 0.481 e. The molecule has 1 aromatic rings. The second-order valence-corrected chi connectivity index (χ2v) is 6.84. The van der Waals surface area contributed by atoms with Crippen molar-refractivity contribution in [2.24, 2.45) is 11.3 Å². The zero-order valence-corrected chi connectivity index (χ0v) is 13.4. The minimum Gasteiger partial charge on any atom is -0.481 e. The minimum atomic E-state index is -1.48. The monoisotopic (exact) mass is 336 g/mol. The highest BCUT2D eigenvalue weighted by Gasteiger charge is 2.60. The summed E-state index contributed by atoms with van der Waals surface area (Å²) in [5, 5.41) is 27.6. The molecule has 0 spiro atoms. The van der Waals surface area contributed by atoms with E-state index < -0.39 is 22.8 Å². The lowest BCUT2D eigenvalue weighted by atomic mass is 9.59. The maximum Gasteiger partial charge on any atom is 0.320 e. The Morgan fingerprint density at radius 2 is 1.91 bits per heavy atom. The van der Waals surface area contributed by atoms with Gasteiger partial charge in [-0.2, -0.15) is 5.10 Å². The third-order valence-corrected chi connectivity index (χ3v) is 5.45. The Labute approximate surface area is 138 Å². The zero-order valence-electron chi connectivity index (χ0n) is 12.6. The lowest BCUT2D eigenvalue weighted by molar-refractivity contribution is -0.155. The fourth-order valence-corrected chi connectivity index (χ4v) is 3.77. The lowest BCUT2D eigenvalue weighted by Crippen LogP contribution is -2.49. The van der Waals surface area contributed by atoms with Gasteiger partial charge in [0.2, 0.25) is 0 Å². The molecular formula is C16H17ClN2O4. The van der Waals surface area contributed by atoms with E-state index in [9.17, 15) is 19.8 Å². The molecule has 23 heavy (non-hydrogen) atoms. The standard InChI is InChI=1S/C16H17ClN2O4/c1-9-6-7-15(13(20)21,10-2-3-10)8-16(9,14(22)23)11-4-5-12(17)19-18-11/h4-6,10H,2-3,7-8H2,1H3,(H,20,21)(H,22,23). The van der Waals surface area contributed by atoms with E-state index in [0.717, 1.165) is 12.8 Å².